The van der Waals surface area contributed by atoms with E-state index in [4.69, 9.17) is 5.11 Å². The van der Waals surface area contributed by atoms with Gasteiger partial charge in [0, 0.05) is 0 Å². The molecule has 2 aromatic carbocycles. The van der Waals surface area contributed by atoms with Crippen molar-refractivity contribution in [2.45, 2.75) is 13.8 Å². The lowest BCUT2D eigenvalue weighted by Gasteiger charge is -2.04. The van der Waals surface area contributed by atoms with Crippen molar-refractivity contribution in [3.05, 3.63) is 64.2 Å². The highest BCUT2D eigenvalue weighted by atomic mass is 16.4. The first kappa shape index (κ1) is 13.9. The summed E-state index contributed by atoms with van der Waals surface area (Å²) in [5.74, 6) is -0.599. The van der Waals surface area contributed by atoms with E-state index in [-0.39, 0.29) is 5.56 Å². The van der Waals surface area contributed by atoms with Gasteiger partial charge in [-0.2, -0.15) is 0 Å². The second-order valence-corrected chi connectivity index (χ2v) is 4.76. The van der Waals surface area contributed by atoms with Gasteiger partial charge < -0.3 is 10.2 Å². The number of carboxylic acids is 1. The summed E-state index contributed by atoms with van der Waals surface area (Å²) in [4.78, 5) is 10.8. The van der Waals surface area contributed by atoms with Crippen LogP contribution < -0.4 is 0 Å². The number of aromatic hydroxyl groups is 1. The first-order chi connectivity index (χ1) is 9.47. The second kappa shape index (κ2) is 5.61. The Labute approximate surface area is 117 Å². The molecule has 0 radical (unpaired) electrons. The molecule has 0 fully saturated rings. The molecule has 2 rings (SSSR count). The predicted octanol–water partition coefficient (Wildman–Crippen LogP) is 3.88. The van der Waals surface area contributed by atoms with E-state index < -0.39 is 5.97 Å². The van der Waals surface area contributed by atoms with Crippen molar-refractivity contribution in [1.82, 2.24) is 0 Å². The first-order valence-electron chi connectivity index (χ1n) is 6.29. The fourth-order valence-corrected chi connectivity index (χ4v) is 2.01. The Kier molecular flexibility index (Phi) is 3.89. The van der Waals surface area contributed by atoms with Crippen LogP contribution in [0.2, 0.25) is 0 Å². The number of rotatable bonds is 3. The van der Waals surface area contributed by atoms with Gasteiger partial charge in [0.05, 0.1) is 5.56 Å². The van der Waals surface area contributed by atoms with Gasteiger partial charge in [-0.3, -0.25) is 0 Å². The summed E-state index contributed by atoms with van der Waals surface area (Å²) in [6.45, 7) is 3.72. The molecule has 0 heterocycles. The monoisotopic (exact) mass is 268 g/mol. The van der Waals surface area contributed by atoms with Gasteiger partial charge >= 0.3 is 5.97 Å². The van der Waals surface area contributed by atoms with E-state index in [9.17, 15) is 9.90 Å². The maximum atomic E-state index is 10.8. The van der Waals surface area contributed by atoms with Crippen molar-refractivity contribution < 1.29 is 15.0 Å². The van der Waals surface area contributed by atoms with Crippen LogP contribution >= 0.6 is 0 Å². The quantitative estimate of drug-likeness (QED) is 0.830. The number of aryl methyl sites for hydroxylation is 2. The molecule has 3 heteroatoms. The largest absolute Gasteiger partial charge is 0.507 e. The van der Waals surface area contributed by atoms with Crippen molar-refractivity contribution in [3.63, 3.8) is 0 Å². The molecular formula is C17H16O3. The van der Waals surface area contributed by atoms with Gasteiger partial charge in [0.2, 0.25) is 0 Å². The van der Waals surface area contributed by atoms with Gasteiger partial charge in [-0.15, -0.1) is 0 Å². The van der Waals surface area contributed by atoms with Gasteiger partial charge in [0.15, 0.2) is 0 Å². The highest BCUT2D eigenvalue weighted by Crippen LogP contribution is 2.24. The standard InChI is InChI=1S/C17H16O3/c1-11-9-14(10-12(2)16(11)18)4-3-13-5-7-15(8-6-13)17(19)20/h3-10,18H,1-2H3,(H,19,20). The Morgan fingerprint density at radius 3 is 1.95 bits per heavy atom. The Morgan fingerprint density at radius 2 is 1.45 bits per heavy atom. The number of phenols is 1. The van der Waals surface area contributed by atoms with Crippen molar-refractivity contribution in [1.29, 1.82) is 0 Å². The lowest BCUT2D eigenvalue weighted by Crippen LogP contribution is -1.94. The second-order valence-electron chi connectivity index (χ2n) is 4.76. The maximum Gasteiger partial charge on any atom is 0.335 e. The molecular weight excluding hydrogens is 252 g/mol. The Morgan fingerprint density at radius 1 is 0.950 bits per heavy atom. The third-order valence-electron chi connectivity index (χ3n) is 3.14. The van der Waals surface area contributed by atoms with Gasteiger partial charge in [0.25, 0.3) is 0 Å². The predicted molar refractivity (Wildman–Crippen MR) is 79.9 cm³/mol. The van der Waals surface area contributed by atoms with E-state index >= 15 is 0 Å². The van der Waals surface area contributed by atoms with Crippen LogP contribution in [0.25, 0.3) is 12.2 Å². The van der Waals surface area contributed by atoms with Crippen molar-refractivity contribution in [2.24, 2.45) is 0 Å². The topological polar surface area (TPSA) is 57.5 Å². The number of carboxylic acid groups (broad SMARTS) is 1. The van der Waals surface area contributed by atoms with E-state index in [2.05, 4.69) is 0 Å². The zero-order chi connectivity index (χ0) is 14.7. The molecule has 2 N–H and O–H groups in total. The smallest absolute Gasteiger partial charge is 0.335 e. The minimum atomic E-state index is -0.926. The number of hydrogen-bond donors (Lipinski definition) is 2. The van der Waals surface area contributed by atoms with Crippen LogP contribution in [0.4, 0.5) is 0 Å². The van der Waals surface area contributed by atoms with Crippen LogP contribution in [0.3, 0.4) is 0 Å². The van der Waals surface area contributed by atoms with Crippen LogP contribution in [0.15, 0.2) is 36.4 Å². The third-order valence-corrected chi connectivity index (χ3v) is 3.14. The summed E-state index contributed by atoms with van der Waals surface area (Å²) in [5.41, 5.74) is 3.88. The van der Waals surface area contributed by atoms with Crippen LogP contribution in [-0.2, 0) is 0 Å². The van der Waals surface area contributed by atoms with Crippen molar-refractivity contribution in [3.8, 4) is 5.75 Å². The molecule has 0 saturated carbocycles. The van der Waals surface area contributed by atoms with Gasteiger partial charge in [-0.05, 0) is 60.4 Å². The van der Waals surface area contributed by atoms with E-state index in [1.807, 2.05) is 38.1 Å². The molecule has 0 unspecified atom stereocenters. The van der Waals surface area contributed by atoms with Gasteiger partial charge in [-0.25, -0.2) is 4.79 Å². The fraction of sp³-hybridized carbons (Fsp3) is 0.118. The molecule has 0 amide bonds. The molecule has 0 bridgehead atoms. The zero-order valence-corrected chi connectivity index (χ0v) is 11.4. The van der Waals surface area contributed by atoms with Crippen LogP contribution in [-0.4, -0.2) is 16.2 Å². The fourth-order valence-electron chi connectivity index (χ4n) is 2.01. The highest BCUT2D eigenvalue weighted by Gasteiger charge is 2.02. The summed E-state index contributed by atoms with van der Waals surface area (Å²) in [6, 6.07) is 10.5. The number of carbonyl (C=O) groups is 1. The normalized spacial score (nSPS) is 10.9. The zero-order valence-electron chi connectivity index (χ0n) is 11.4. The summed E-state index contributed by atoms with van der Waals surface area (Å²) < 4.78 is 0. The highest BCUT2D eigenvalue weighted by molar-refractivity contribution is 5.88. The number of phenolic OH excluding ortho intramolecular Hbond substituents is 1. The average Bonchev–Trinajstić information content (AvgIpc) is 2.42. The lowest BCUT2D eigenvalue weighted by molar-refractivity contribution is 0.0697. The molecule has 3 nitrogen and oxygen atoms in total. The molecule has 102 valence electrons. The first-order valence-corrected chi connectivity index (χ1v) is 6.29. The minimum Gasteiger partial charge on any atom is -0.507 e. The van der Waals surface area contributed by atoms with Crippen molar-refractivity contribution >= 4 is 18.1 Å². The Bertz CT molecular complexity index is 644. The Balaban J connectivity index is 2.23. The maximum absolute atomic E-state index is 10.8. The summed E-state index contributed by atoms with van der Waals surface area (Å²) >= 11 is 0. The van der Waals surface area contributed by atoms with E-state index in [1.165, 1.54) is 0 Å². The molecule has 0 aliphatic heterocycles. The average molecular weight is 268 g/mol. The van der Waals surface area contributed by atoms with E-state index in [1.54, 1.807) is 24.3 Å². The molecule has 0 aliphatic rings. The SMILES string of the molecule is Cc1cc(C=Cc2ccc(C(=O)O)cc2)cc(C)c1O. The molecule has 0 aromatic heterocycles. The molecule has 20 heavy (non-hydrogen) atoms. The molecule has 0 aliphatic carbocycles. The minimum absolute atomic E-state index is 0.276. The van der Waals surface area contributed by atoms with Crippen LogP contribution in [0.5, 0.6) is 5.75 Å². The number of benzene rings is 2. The number of hydrogen-bond acceptors (Lipinski definition) is 2. The molecule has 2 aromatic rings. The van der Waals surface area contributed by atoms with E-state index in [0.29, 0.717) is 5.75 Å². The van der Waals surface area contributed by atoms with Gasteiger partial charge in [0.1, 0.15) is 5.75 Å². The van der Waals surface area contributed by atoms with E-state index in [0.717, 1.165) is 22.3 Å². The van der Waals surface area contributed by atoms with Gasteiger partial charge in [-0.1, -0.05) is 24.3 Å². The third kappa shape index (κ3) is 3.06. The number of aromatic carboxylic acids is 1. The van der Waals surface area contributed by atoms with Crippen LogP contribution in [0, 0.1) is 13.8 Å². The summed E-state index contributed by atoms with van der Waals surface area (Å²) in [6.07, 6.45) is 3.85. The Hall–Kier alpha value is -2.55. The molecule has 0 saturated heterocycles. The molecule has 0 atom stereocenters. The summed E-state index contributed by atoms with van der Waals surface area (Å²) in [5, 5.41) is 18.5. The summed E-state index contributed by atoms with van der Waals surface area (Å²) in [7, 11) is 0. The molecule has 0 spiro atoms. The lowest BCUT2D eigenvalue weighted by atomic mass is 10.0. The van der Waals surface area contributed by atoms with Crippen LogP contribution in [0.1, 0.15) is 32.6 Å². The van der Waals surface area contributed by atoms with Crippen molar-refractivity contribution in [2.75, 3.05) is 0 Å².